The first-order chi connectivity index (χ1) is 8.93. The number of nitrogens with zero attached hydrogens (tertiary/aromatic N) is 1. The number of anilines is 1. The lowest BCUT2D eigenvalue weighted by Crippen LogP contribution is -2.36. The zero-order chi connectivity index (χ0) is 14.4. The largest absolute Gasteiger partial charge is 0.481 e. The summed E-state index contributed by atoms with van der Waals surface area (Å²) in [6, 6.07) is 3.64. The van der Waals surface area contributed by atoms with Crippen LogP contribution in [0.3, 0.4) is 0 Å². The Morgan fingerprint density at radius 1 is 1.47 bits per heavy atom. The first kappa shape index (κ1) is 15.7. The number of benzene rings is 1. The van der Waals surface area contributed by atoms with E-state index in [1.54, 1.807) is 6.92 Å². The van der Waals surface area contributed by atoms with Gasteiger partial charge < -0.3 is 15.3 Å². The van der Waals surface area contributed by atoms with Gasteiger partial charge in [0.2, 0.25) is 0 Å². The fraction of sp³-hybridized carbons (Fsp3) is 0.333. The predicted molar refractivity (Wildman–Crippen MR) is 77.6 cm³/mol. The number of amides is 2. The van der Waals surface area contributed by atoms with E-state index in [1.807, 2.05) is 22.6 Å². The second kappa shape index (κ2) is 7.27. The van der Waals surface area contributed by atoms with E-state index in [-0.39, 0.29) is 18.8 Å². The minimum absolute atomic E-state index is 0.109. The van der Waals surface area contributed by atoms with E-state index in [2.05, 4.69) is 5.32 Å². The van der Waals surface area contributed by atoms with E-state index >= 15 is 0 Å². The predicted octanol–water partition coefficient (Wildman–Crippen LogP) is 2.76. The van der Waals surface area contributed by atoms with Crippen LogP contribution in [0, 0.1) is 9.39 Å². The molecular weight excluding hydrogens is 366 g/mol. The number of aliphatic carboxylic acids is 1. The lowest BCUT2D eigenvalue weighted by atomic mass is 10.3. The number of carboxylic acids is 1. The van der Waals surface area contributed by atoms with Crippen LogP contribution in [0.4, 0.5) is 14.9 Å². The van der Waals surface area contributed by atoms with Crippen LogP contribution in [0.5, 0.6) is 0 Å². The molecule has 5 nitrogen and oxygen atoms in total. The standard InChI is InChI=1S/C12H14FIN2O3/c1-2-16(6-5-11(17)18)12(19)15-10-4-3-8(13)7-9(10)14/h3-4,7H,2,5-6H2,1H3,(H,15,19)(H,17,18). The average molecular weight is 380 g/mol. The maximum atomic E-state index is 12.9. The second-order valence-corrected chi connectivity index (χ2v) is 4.94. The van der Waals surface area contributed by atoms with Crippen LogP contribution in [0.25, 0.3) is 0 Å². The highest BCUT2D eigenvalue weighted by Gasteiger charge is 2.14. The van der Waals surface area contributed by atoms with Crippen molar-refractivity contribution in [2.75, 3.05) is 18.4 Å². The number of rotatable bonds is 5. The SMILES string of the molecule is CCN(CCC(=O)O)C(=O)Nc1ccc(F)cc1I. The normalized spacial score (nSPS) is 10.1. The van der Waals surface area contributed by atoms with Gasteiger partial charge in [0.15, 0.2) is 0 Å². The van der Waals surface area contributed by atoms with E-state index in [1.165, 1.54) is 23.1 Å². The van der Waals surface area contributed by atoms with Gasteiger partial charge in [-0.1, -0.05) is 0 Å². The molecule has 0 aliphatic heterocycles. The van der Waals surface area contributed by atoms with Gasteiger partial charge >= 0.3 is 12.0 Å². The quantitative estimate of drug-likeness (QED) is 0.772. The number of hydrogen-bond donors (Lipinski definition) is 2. The zero-order valence-electron chi connectivity index (χ0n) is 10.3. The van der Waals surface area contributed by atoms with Crippen LogP contribution >= 0.6 is 22.6 Å². The maximum Gasteiger partial charge on any atom is 0.321 e. The van der Waals surface area contributed by atoms with Gasteiger partial charge in [-0.2, -0.15) is 0 Å². The molecule has 1 aromatic carbocycles. The molecule has 0 atom stereocenters. The van der Waals surface area contributed by atoms with Gasteiger partial charge in [-0.25, -0.2) is 9.18 Å². The van der Waals surface area contributed by atoms with Gasteiger partial charge in [0.05, 0.1) is 12.1 Å². The van der Waals surface area contributed by atoms with Gasteiger partial charge in [-0.3, -0.25) is 4.79 Å². The van der Waals surface area contributed by atoms with Gasteiger partial charge in [-0.15, -0.1) is 0 Å². The van der Waals surface area contributed by atoms with Crippen LogP contribution in [0.15, 0.2) is 18.2 Å². The molecule has 19 heavy (non-hydrogen) atoms. The summed E-state index contributed by atoms with van der Waals surface area (Å²) in [4.78, 5) is 23.8. The third kappa shape index (κ3) is 5.01. The Balaban J connectivity index is 2.68. The number of carboxylic acid groups (broad SMARTS) is 1. The van der Waals surface area contributed by atoms with Crippen molar-refractivity contribution in [3.63, 3.8) is 0 Å². The van der Waals surface area contributed by atoms with Crippen molar-refractivity contribution in [3.05, 3.63) is 27.6 Å². The van der Waals surface area contributed by atoms with Crippen LogP contribution in [0.1, 0.15) is 13.3 Å². The molecule has 2 amide bonds. The number of carbonyl (C=O) groups is 2. The van der Waals surface area contributed by atoms with E-state index in [0.717, 1.165) is 0 Å². The first-order valence-corrected chi connectivity index (χ1v) is 6.74. The zero-order valence-corrected chi connectivity index (χ0v) is 12.5. The van der Waals surface area contributed by atoms with Crippen LogP contribution in [-0.4, -0.2) is 35.1 Å². The monoisotopic (exact) mass is 380 g/mol. The topological polar surface area (TPSA) is 69.6 Å². The molecule has 104 valence electrons. The molecule has 1 aromatic rings. The summed E-state index contributed by atoms with van der Waals surface area (Å²) in [5, 5.41) is 11.2. The molecule has 0 unspecified atom stereocenters. The van der Waals surface area contributed by atoms with E-state index in [9.17, 15) is 14.0 Å². The molecule has 0 heterocycles. The molecule has 0 spiro atoms. The maximum absolute atomic E-state index is 12.9. The van der Waals surface area contributed by atoms with E-state index in [0.29, 0.717) is 15.8 Å². The highest BCUT2D eigenvalue weighted by atomic mass is 127. The fourth-order valence-electron chi connectivity index (χ4n) is 1.42. The van der Waals surface area contributed by atoms with Crippen molar-refractivity contribution < 1.29 is 19.1 Å². The minimum atomic E-state index is -0.956. The molecule has 0 radical (unpaired) electrons. The van der Waals surface area contributed by atoms with E-state index < -0.39 is 12.0 Å². The Bertz CT molecular complexity index is 482. The number of halogens is 2. The second-order valence-electron chi connectivity index (χ2n) is 3.78. The summed E-state index contributed by atoms with van der Waals surface area (Å²) in [6.45, 7) is 2.30. The third-order valence-electron chi connectivity index (χ3n) is 2.44. The molecule has 2 N–H and O–H groups in total. The molecule has 0 bridgehead atoms. The minimum Gasteiger partial charge on any atom is -0.481 e. The molecular formula is C12H14FIN2O3. The fourth-order valence-corrected chi connectivity index (χ4v) is 2.03. The van der Waals surface area contributed by atoms with Crippen LogP contribution in [-0.2, 0) is 4.79 Å². The van der Waals surface area contributed by atoms with Crippen molar-refractivity contribution >= 4 is 40.3 Å². The summed E-state index contributed by atoms with van der Waals surface area (Å²) >= 11 is 1.92. The van der Waals surface area contributed by atoms with Gasteiger partial charge in [0.1, 0.15) is 5.82 Å². The van der Waals surface area contributed by atoms with E-state index in [4.69, 9.17) is 5.11 Å². The molecule has 7 heteroatoms. The number of nitrogens with one attached hydrogen (secondary N) is 1. The number of urea groups is 1. The highest BCUT2D eigenvalue weighted by molar-refractivity contribution is 14.1. The van der Waals surface area contributed by atoms with Crippen molar-refractivity contribution in [2.45, 2.75) is 13.3 Å². The molecule has 0 saturated carbocycles. The molecule has 0 saturated heterocycles. The molecule has 0 aromatic heterocycles. The number of carbonyl (C=O) groups excluding carboxylic acids is 1. The van der Waals surface area contributed by atoms with Crippen LogP contribution in [0.2, 0.25) is 0 Å². The van der Waals surface area contributed by atoms with Gasteiger partial charge in [0, 0.05) is 16.7 Å². The van der Waals surface area contributed by atoms with Crippen molar-refractivity contribution in [1.29, 1.82) is 0 Å². The lowest BCUT2D eigenvalue weighted by molar-refractivity contribution is -0.137. The Hall–Kier alpha value is -1.38. The third-order valence-corrected chi connectivity index (χ3v) is 3.33. The molecule has 1 rings (SSSR count). The summed E-state index contributed by atoms with van der Waals surface area (Å²) in [7, 11) is 0. The molecule has 0 aliphatic carbocycles. The van der Waals surface area contributed by atoms with Crippen molar-refractivity contribution in [2.24, 2.45) is 0 Å². The molecule has 0 aliphatic rings. The summed E-state index contributed by atoms with van der Waals surface area (Å²) in [5.74, 6) is -1.33. The van der Waals surface area contributed by atoms with Crippen LogP contribution < -0.4 is 5.32 Å². The van der Waals surface area contributed by atoms with Crippen molar-refractivity contribution in [1.82, 2.24) is 4.90 Å². The Labute approximate surface area is 123 Å². The average Bonchev–Trinajstić information content (AvgIpc) is 2.33. The van der Waals surface area contributed by atoms with Crippen molar-refractivity contribution in [3.8, 4) is 0 Å². The summed E-state index contributed by atoms with van der Waals surface area (Å²) in [5.41, 5.74) is 0.501. The number of hydrogen-bond acceptors (Lipinski definition) is 2. The Kier molecular flexibility index (Phi) is 6.00. The summed E-state index contributed by atoms with van der Waals surface area (Å²) in [6.07, 6.45) is -0.109. The lowest BCUT2D eigenvalue weighted by Gasteiger charge is -2.20. The highest BCUT2D eigenvalue weighted by Crippen LogP contribution is 2.19. The first-order valence-electron chi connectivity index (χ1n) is 5.66. The smallest absolute Gasteiger partial charge is 0.321 e. The molecule has 0 fully saturated rings. The Morgan fingerprint density at radius 3 is 2.68 bits per heavy atom. The van der Waals surface area contributed by atoms with Gasteiger partial charge in [-0.05, 0) is 47.7 Å². The summed E-state index contributed by atoms with van der Waals surface area (Å²) < 4.78 is 13.5. The van der Waals surface area contributed by atoms with Gasteiger partial charge in [0.25, 0.3) is 0 Å². The Morgan fingerprint density at radius 2 is 2.16 bits per heavy atom.